The van der Waals surface area contributed by atoms with Crippen molar-refractivity contribution in [3.8, 4) is 0 Å². The van der Waals surface area contributed by atoms with E-state index >= 15 is 0 Å². The second-order valence-electron chi connectivity index (χ2n) is 4.74. The van der Waals surface area contributed by atoms with E-state index in [0.29, 0.717) is 6.04 Å². The van der Waals surface area contributed by atoms with Gasteiger partial charge < -0.3 is 10.1 Å². The van der Waals surface area contributed by atoms with Gasteiger partial charge in [0.25, 0.3) is 0 Å². The molecule has 0 heterocycles. The Hall–Kier alpha value is -0.0800. The van der Waals surface area contributed by atoms with Crippen molar-refractivity contribution in [1.29, 1.82) is 0 Å². The van der Waals surface area contributed by atoms with Crippen LogP contribution in [0.25, 0.3) is 0 Å². The normalized spacial score (nSPS) is 29.0. The largest absolute Gasteiger partial charge is 0.380 e. The van der Waals surface area contributed by atoms with Gasteiger partial charge in [0.1, 0.15) is 0 Å². The Morgan fingerprint density at radius 1 is 1.20 bits per heavy atom. The van der Waals surface area contributed by atoms with Crippen LogP contribution < -0.4 is 5.32 Å². The van der Waals surface area contributed by atoms with E-state index in [0.717, 1.165) is 25.0 Å². The molecule has 1 aliphatic rings. The average Bonchev–Trinajstić information content (AvgIpc) is 2.31. The second kappa shape index (κ2) is 7.24. The monoisotopic (exact) mass is 213 g/mol. The highest BCUT2D eigenvalue weighted by atomic mass is 16.5. The Balaban J connectivity index is 2.29. The zero-order valence-corrected chi connectivity index (χ0v) is 10.6. The lowest BCUT2D eigenvalue weighted by atomic mass is 9.78. The van der Waals surface area contributed by atoms with E-state index in [1.165, 1.54) is 32.1 Å². The fraction of sp³-hybridized carbons (Fsp3) is 1.00. The minimum atomic E-state index is 0.572. The number of nitrogens with one attached hydrogen (secondary N) is 1. The lowest BCUT2D eigenvalue weighted by Crippen LogP contribution is -2.39. The number of ether oxygens (including phenoxy) is 1. The first-order valence-corrected chi connectivity index (χ1v) is 6.56. The van der Waals surface area contributed by atoms with Crippen molar-refractivity contribution in [2.24, 2.45) is 11.8 Å². The van der Waals surface area contributed by atoms with Gasteiger partial charge in [-0.3, -0.25) is 0 Å². The Morgan fingerprint density at radius 3 is 2.33 bits per heavy atom. The molecule has 90 valence electrons. The summed E-state index contributed by atoms with van der Waals surface area (Å²) >= 11 is 0. The molecule has 15 heavy (non-hydrogen) atoms. The van der Waals surface area contributed by atoms with E-state index in [4.69, 9.17) is 4.74 Å². The van der Waals surface area contributed by atoms with Crippen molar-refractivity contribution in [3.63, 3.8) is 0 Å². The molecule has 1 atom stereocenters. The molecule has 0 spiro atoms. The number of hydrogen-bond donors (Lipinski definition) is 1. The summed E-state index contributed by atoms with van der Waals surface area (Å²) in [7, 11) is 2.07. The number of likely N-dealkylation sites (N-methyl/N-ethyl adjacent to an activating group) is 1. The summed E-state index contributed by atoms with van der Waals surface area (Å²) in [5.74, 6) is 1.83. The Bertz CT molecular complexity index is 153. The standard InChI is InChI=1S/C13H27NO/c1-4-11-6-8-12(9-7-11)13(14-3)10-15-5-2/h11-14H,4-10H2,1-3H3. The van der Waals surface area contributed by atoms with Crippen LogP contribution in [0.5, 0.6) is 0 Å². The van der Waals surface area contributed by atoms with Gasteiger partial charge in [-0.2, -0.15) is 0 Å². The Labute approximate surface area is 94.8 Å². The average molecular weight is 213 g/mol. The highest BCUT2D eigenvalue weighted by Gasteiger charge is 2.25. The lowest BCUT2D eigenvalue weighted by molar-refractivity contribution is 0.0903. The summed E-state index contributed by atoms with van der Waals surface area (Å²) in [6.07, 6.45) is 6.98. The van der Waals surface area contributed by atoms with Gasteiger partial charge in [-0.05, 0) is 38.6 Å². The summed E-state index contributed by atoms with van der Waals surface area (Å²) in [5.41, 5.74) is 0. The van der Waals surface area contributed by atoms with Crippen LogP contribution in [0.15, 0.2) is 0 Å². The molecule has 0 aromatic carbocycles. The summed E-state index contributed by atoms with van der Waals surface area (Å²) in [6, 6.07) is 0.572. The molecule has 0 amide bonds. The maximum atomic E-state index is 5.53. The van der Waals surface area contributed by atoms with Crippen molar-refractivity contribution < 1.29 is 4.74 Å². The SMILES string of the molecule is CCOCC(NC)C1CCC(CC)CC1. The fourth-order valence-electron chi connectivity index (χ4n) is 2.70. The number of hydrogen-bond acceptors (Lipinski definition) is 2. The summed E-state index contributed by atoms with van der Waals surface area (Å²) in [4.78, 5) is 0. The van der Waals surface area contributed by atoms with E-state index in [9.17, 15) is 0 Å². The van der Waals surface area contributed by atoms with Crippen LogP contribution in [0.3, 0.4) is 0 Å². The first-order chi connectivity index (χ1) is 7.31. The van der Waals surface area contributed by atoms with Crippen LogP contribution in [0.4, 0.5) is 0 Å². The molecule has 0 aliphatic heterocycles. The molecule has 0 radical (unpaired) electrons. The van der Waals surface area contributed by atoms with Crippen molar-refractivity contribution >= 4 is 0 Å². The third kappa shape index (κ3) is 4.12. The minimum Gasteiger partial charge on any atom is -0.380 e. The molecule has 1 fully saturated rings. The maximum absolute atomic E-state index is 5.53. The quantitative estimate of drug-likeness (QED) is 0.732. The smallest absolute Gasteiger partial charge is 0.0622 e. The van der Waals surface area contributed by atoms with Crippen LogP contribution in [-0.2, 0) is 4.74 Å². The van der Waals surface area contributed by atoms with E-state index in [-0.39, 0.29) is 0 Å². The molecule has 0 bridgehead atoms. The van der Waals surface area contributed by atoms with Crippen molar-refractivity contribution in [2.75, 3.05) is 20.3 Å². The first-order valence-electron chi connectivity index (χ1n) is 6.56. The van der Waals surface area contributed by atoms with E-state index in [1.807, 2.05) is 0 Å². The highest BCUT2D eigenvalue weighted by Crippen LogP contribution is 2.32. The van der Waals surface area contributed by atoms with Crippen LogP contribution in [0, 0.1) is 11.8 Å². The Morgan fingerprint density at radius 2 is 1.87 bits per heavy atom. The van der Waals surface area contributed by atoms with Crippen molar-refractivity contribution in [1.82, 2.24) is 5.32 Å². The minimum absolute atomic E-state index is 0.572. The maximum Gasteiger partial charge on any atom is 0.0622 e. The van der Waals surface area contributed by atoms with Gasteiger partial charge in [0.15, 0.2) is 0 Å². The zero-order chi connectivity index (χ0) is 11.1. The second-order valence-corrected chi connectivity index (χ2v) is 4.74. The third-order valence-electron chi connectivity index (χ3n) is 3.91. The molecule has 0 aromatic heterocycles. The van der Waals surface area contributed by atoms with Gasteiger partial charge >= 0.3 is 0 Å². The van der Waals surface area contributed by atoms with E-state index < -0.39 is 0 Å². The predicted octanol–water partition coefficient (Wildman–Crippen LogP) is 2.83. The Kier molecular flexibility index (Phi) is 6.26. The first kappa shape index (κ1) is 13.0. The molecular formula is C13H27NO. The van der Waals surface area contributed by atoms with Gasteiger partial charge in [0.2, 0.25) is 0 Å². The molecule has 1 saturated carbocycles. The van der Waals surface area contributed by atoms with E-state index in [1.54, 1.807) is 0 Å². The lowest BCUT2D eigenvalue weighted by Gasteiger charge is -2.33. The van der Waals surface area contributed by atoms with Gasteiger partial charge in [-0.1, -0.05) is 26.2 Å². The summed E-state index contributed by atoms with van der Waals surface area (Å²) < 4.78 is 5.53. The van der Waals surface area contributed by atoms with Gasteiger partial charge in [0, 0.05) is 12.6 Å². The molecule has 2 heteroatoms. The molecule has 0 aromatic rings. The molecular weight excluding hydrogens is 186 g/mol. The molecule has 0 saturated heterocycles. The number of rotatable bonds is 6. The van der Waals surface area contributed by atoms with Gasteiger partial charge in [-0.15, -0.1) is 0 Å². The van der Waals surface area contributed by atoms with Gasteiger partial charge in [-0.25, -0.2) is 0 Å². The van der Waals surface area contributed by atoms with Crippen LogP contribution >= 0.6 is 0 Å². The van der Waals surface area contributed by atoms with Crippen LogP contribution in [-0.4, -0.2) is 26.3 Å². The summed E-state index contributed by atoms with van der Waals surface area (Å²) in [5, 5.41) is 3.41. The molecule has 1 N–H and O–H groups in total. The fourth-order valence-corrected chi connectivity index (χ4v) is 2.70. The molecule has 1 unspecified atom stereocenters. The van der Waals surface area contributed by atoms with Crippen molar-refractivity contribution in [3.05, 3.63) is 0 Å². The summed E-state index contributed by atoms with van der Waals surface area (Å²) in [6.45, 7) is 6.11. The van der Waals surface area contributed by atoms with Crippen LogP contribution in [0.1, 0.15) is 46.0 Å². The topological polar surface area (TPSA) is 21.3 Å². The van der Waals surface area contributed by atoms with Crippen molar-refractivity contribution in [2.45, 2.75) is 52.0 Å². The molecule has 1 aliphatic carbocycles. The van der Waals surface area contributed by atoms with Gasteiger partial charge in [0.05, 0.1) is 6.61 Å². The van der Waals surface area contributed by atoms with Crippen LogP contribution in [0.2, 0.25) is 0 Å². The predicted molar refractivity (Wildman–Crippen MR) is 65.1 cm³/mol. The third-order valence-corrected chi connectivity index (χ3v) is 3.91. The van der Waals surface area contributed by atoms with E-state index in [2.05, 4.69) is 26.2 Å². The zero-order valence-electron chi connectivity index (χ0n) is 10.6. The highest BCUT2D eigenvalue weighted by molar-refractivity contribution is 4.80. The molecule has 1 rings (SSSR count). The molecule has 2 nitrogen and oxygen atoms in total.